The van der Waals surface area contributed by atoms with Gasteiger partial charge in [0.1, 0.15) is 5.75 Å². The highest BCUT2D eigenvalue weighted by atomic mass is 35.5. The molecule has 14 heavy (non-hydrogen) atoms. The Labute approximate surface area is 89.5 Å². The van der Waals surface area contributed by atoms with Gasteiger partial charge in [-0.15, -0.1) is 0 Å². The van der Waals surface area contributed by atoms with Crippen molar-refractivity contribution >= 4 is 11.6 Å². The second-order valence-corrected chi connectivity index (χ2v) is 4.19. The van der Waals surface area contributed by atoms with Crippen molar-refractivity contribution in [2.24, 2.45) is 0 Å². The SMILES string of the molecule is COc1ccc(C(C)(C)O)c(C)c1Cl. The zero-order valence-corrected chi connectivity index (χ0v) is 9.64. The van der Waals surface area contributed by atoms with E-state index in [1.807, 2.05) is 13.0 Å². The molecule has 2 nitrogen and oxygen atoms in total. The van der Waals surface area contributed by atoms with Crippen molar-refractivity contribution < 1.29 is 9.84 Å². The predicted molar refractivity (Wildman–Crippen MR) is 58.0 cm³/mol. The third-order valence-corrected chi connectivity index (χ3v) is 2.70. The van der Waals surface area contributed by atoms with Crippen molar-refractivity contribution in [3.05, 3.63) is 28.3 Å². The Kier molecular flexibility index (Phi) is 3.07. The second kappa shape index (κ2) is 3.79. The molecular formula is C11H15ClO2. The molecule has 3 heteroatoms. The van der Waals surface area contributed by atoms with E-state index in [-0.39, 0.29) is 0 Å². The highest BCUT2D eigenvalue weighted by Crippen LogP contribution is 2.34. The van der Waals surface area contributed by atoms with Crippen LogP contribution in [0, 0.1) is 6.92 Å². The molecule has 1 rings (SSSR count). The van der Waals surface area contributed by atoms with Crippen molar-refractivity contribution in [1.82, 2.24) is 0 Å². The van der Waals surface area contributed by atoms with Crippen molar-refractivity contribution in [2.75, 3.05) is 7.11 Å². The lowest BCUT2D eigenvalue weighted by molar-refractivity contribution is 0.0779. The van der Waals surface area contributed by atoms with Crippen molar-refractivity contribution in [3.8, 4) is 5.75 Å². The van der Waals surface area contributed by atoms with E-state index in [4.69, 9.17) is 16.3 Å². The van der Waals surface area contributed by atoms with Gasteiger partial charge in [-0.05, 0) is 38.0 Å². The lowest BCUT2D eigenvalue weighted by atomic mass is 9.94. The number of rotatable bonds is 2. The van der Waals surface area contributed by atoms with Crippen LogP contribution in [0.4, 0.5) is 0 Å². The minimum Gasteiger partial charge on any atom is -0.495 e. The molecule has 0 radical (unpaired) electrons. The van der Waals surface area contributed by atoms with E-state index in [1.54, 1.807) is 27.0 Å². The Bertz CT molecular complexity index is 340. The van der Waals surface area contributed by atoms with Crippen LogP contribution in [0.2, 0.25) is 5.02 Å². The molecule has 0 spiro atoms. The van der Waals surface area contributed by atoms with Gasteiger partial charge in [-0.1, -0.05) is 17.7 Å². The molecule has 0 aromatic heterocycles. The first-order chi connectivity index (χ1) is 6.38. The maximum Gasteiger partial charge on any atom is 0.137 e. The van der Waals surface area contributed by atoms with Crippen LogP contribution in [0.3, 0.4) is 0 Å². The fourth-order valence-electron chi connectivity index (χ4n) is 1.48. The Balaban J connectivity index is 3.31. The highest BCUT2D eigenvalue weighted by Gasteiger charge is 2.20. The zero-order chi connectivity index (χ0) is 10.9. The van der Waals surface area contributed by atoms with E-state index < -0.39 is 5.60 Å². The van der Waals surface area contributed by atoms with Gasteiger partial charge in [0.15, 0.2) is 0 Å². The number of benzene rings is 1. The summed E-state index contributed by atoms with van der Waals surface area (Å²) in [6.45, 7) is 5.34. The summed E-state index contributed by atoms with van der Waals surface area (Å²) < 4.78 is 5.08. The smallest absolute Gasteiger partial charge is 0.137 e. The molecule has 0 aliphatic rings. The Hall–Kier alpha value is -0.730. The molecule has 78 valence electrons. The van der Waals surface area contributed by atoms with Crippen molar-refractivity contribution in [1.29, 1.82) is 0 Å². The van der Waals surface area contributed by atoms with Gasteiger partial charge in [-0.3, -0.25) is 0 Å². The van der Waals surface area contributed by atoms with Crippen LogP contribution >= 0.6 is 11.6 Å². The molecule has 1 aromatic carbocycles. The van der Waals surface area contributed by atoms with Crippen LogP contribution in [0.15, 0.2) is 12.1 Å². The lowest BCUT2D eigenvalue weighted by Crippen LogP contribution is -2.17. The quantitative estimate of drug-likeness (QED) is 0.821. The largest absolute Gasteiger partial charge is 0.495 e. The minimum absolute atomic E-state index is 0.562. The van der Waals surface area contributed by atoms with E-state index in [0.717, 1.165) is 11.1 Å². The van der Waals surface area contributed by atoms with Gasteiger partial charge in [0.25, 0.3) is 0 Å². The summed E-state index contributed by atoms with van der Waals surface area (Å²) in [5, 5.41) is 10.4. The van der Waals surface area contributed by atoms with Crippen LogP contribution in [0.5, 0.6) is 5.75 Å². The van der Waals surface area contributed by atoms with E-state index >= 15 is 0 Å². The van der Waals surface area contributed by atoms with Crippen LogP contribution in [0.1, 0.15) is 25.0 Å². The fraction of sp³-hybridized carbons (Fsp3) is 0.455. The average molecular weight is 215 g/mol. The van der Waals surface area contributed by atoms with Crippen molar-refractivity contribution in [3.63, 3.8) is 0 Å². The summed E-state index contributed by atoms with van der Waals surface area (Å²) >= 11 is 6.07. The number of hydrogen-bond donors (Lipinski definition) is 1. The van der Waals surface area contributed by atoms with E-state index in [1.165, 1.54) is 0 Å². The maximum absolute atomic E-state index is 9.86. The third-order valence-electron chi connectivity index (χ3n) is 2.23. The van der Waals surface area contributed by atoms with Gasteiger partial charge in [-0.25, -0.2) is 0 Å². The fourth-order valence-corrected chi connectivity index (χ4v) is 1.72. The number of hydrogen-bond acceptors (Lipinski definition) is 2. The Morgan fingerprint density at radius 2 is 1.93 bits per heavy atom. The van der Waals surface area contributed by atoms with E-state index in [0.29, 0.717) is 10.8 Å². The molecule has 0 fully saturated rings. The van der Waals surface area contributed by atoms with Crippen LogP contribution < -0.4 is 4.74 Å². The molecular weight excluding hydrogens is 200 g/mol. The lowest BCUT2D eigenvalue weighted by Gasteiger charge is -2.21. The highest BCUT2D eigenvalue weighted by molar-refractivity contribution is 6.32. The summed E-state index contributed by atoms with van der Waals surface area (Å²) in [4.78, 5) is 0. The molecule has 0 heterocycles. The van der Waals surface area contributed by atoms with Crippen molar-refractivity contribution in [2.45, 2.75) is 26.4 Å². The first kappa shape index (κ1) is 11.3. The molecule has 0 unspecified atom stereocenters. The Morgan fingerprint density at radius 3 is 2.36 bits per heavy atom. The zero-order valence-electron chi connectivity index (χ0n) is 8.89. The number of aliphatic hydroxyl groups is 1. The van der Waals surface area contributed by atoms with Gasteiger partial charge in [0.2, 0.25) is 0 Å². The second-order valence-electron chi connectivity index (χ2n) is 3.81. The molecule has 0 saturated carbocycles. The summed E-state index contributed by atoms with van der Waals surface area (Å²) in [6, 6.07) is 3.60. The molecule has 0 atom stereocenters. The van der Waals surface area contributed by atoms with Gasteiger partial charge < -0.3 is 9.84 Å². The molecule has 0 aliphatic carbocycles. The molecule has 0 saturated heterocycles. The normalized spacial score (nSPS) is 11.6. The first-order valence-electron chi connectivity index (χ1n) is 4.44. The predicted octanol–water partition coefficient (Wildman–Crippen LogP) is 2.88. The van der Waals surface area contributed by atoms with Gasteiger partial charge in [0.05, 0.1) is 17.7 Å². The average Bonchev–Trinajstić information content (AvgIpc) is 2.07. The molecule has 0 aliphatic heterocycles. The van der Waals surface area contributed by atoms with Gasteiger partial charge >= 0.3 is 0 Å². The maximum atomic E-state index is 9.86. The standard InChI is InChI=1S/C11H15ClO2/c1-7-8(11(2,3)13)5-6-9(14-4)10(7)12/h5-6,13H,1-4H3. The molecule has 0 bridgehead atoms. The third kappa shape index (κ3) is 2.02. The summed E-state index contributed by atoms with van der Waals surface area (Å²) in [5.41, 5.74) is 0.807. The summed E-state index contributed by atoms with van der Waals surface area (Å²) in [5.74, 6) is 0.636. The summed E-state index contributed by atoms with van der Waals surface area (Å²) in [6.07, 6.45) is 0. The first-order valence-corrected chi connectivity index (χ1v) is 4.81. The van der Waals surface area contributed by atoms with Crippen LogP contribution in [-0.2, 0) is 5.60 Å². The number of halogens is 1. The van der Waals surface area contributed by atoms with E-state index in [9.17, 15) is 5.11 Å². The molecule has 0 amide bonds. The topological polar surface area (TPSA) is 29.5 Å². The summed E-state index contributed by atoms with van der Waals surface area (Å²) in [7, 11) is 1.57. The van der Waals surface area contributed by atoms with Crippen LogP contribution in [0.25, 0.3) is 0 Å². The van der Waals surface area contributed by atoms with Gasteiger partial charge in [-0.2, -0.15) is 0 Å². The van der Waals surface area contributed by atoms with Crippen LogP contribution in [-0.4, -0.2) is 12.2 Å². The monoisotopic (exact) mass is 214 g/mol. The molecule has 1 aromatic rings. The number of ether oxygens (including phenoxy) is 1. The minimum atomic E-state index is -0.875. The van der Waals surface area contributed by atoms with Gasteiger partial charge in [0, 0.05) is 0 Å². The Morgan fingerprint density at radius 1 is 1.36 bits per heavy atom. The van der Waals surface area contributed by atoms with E-state index in [2.05, 4.69) is 0 Å². The number of methoxy groups -OCH3 is 1. The molecule has 1 N–H and O–H groups in total.